The molecule has 3 rings (SSSR count). The van der Waals surface area contributed by atoms with Gasteiger partial charge in [-0.2, -0.15) is 5.26 Å². The van der Waals surface area contributed by atoms with Crippen LogP contribution in [0.1, 0.15) is 19.4 Å². The number of ether oxygens (including phenoxy) is 1. The maximum absolute atomic E-state index is 12.8. The number of hydrogen-bond donors (Lipinski definition) is 3. The molecule has 164 valence electrons. The van der Waals surface area contributed by atoms with Crippen LogP contribution in [0.15, 0.2) is 48.5 Å². The summed E-state index contributed by atoms with van der Waals surface area (Å²) in [4.78, 5) is 25.2. The van der Waals surface area contributed by atoms with E-state index in [1.54, 1.807) is 31.4 Å². The smallest absolute Gasteiger partial charge is 0.319 e. The molecule has 10 heteroatoms. The minimum absolute atomic E-state index is 0.180. The number of benzene rings is 2. The van der Waals surface area contributed by atoms with E-state index in [2.05, 4.69) is 26.1 Å². The van der Waals surface area contributed by atoms with Crippen LogP contribution in [0.2, 0.25) is 0 Å². The van der Waals surface area contributed by atoms with E-state index in [0.717, 1.165) is 11.3 Å². The highest BCUT2D eigenvalue weighted by molar-refractivity contribution is 7.18. The van der Waals surface area contributed by atoms with Crippen molar-refractivity contribution in [1.29, 1.82) is 5.26 Å². The quantitative estimate of drug-likeness (QED) is 0.501. The number of hydrogen-bond acceptors (Lipinski definition) is 7. The van der Waals surface area contributed by atoms with Crippen LogP contribution in [0.4, 0.5) is 15.6 Å². The van der Waals surface area contributed by atoms with Gasteiger partial charge in [-0.1, -0.05) is 31.3 Å². The first-order chi connectivity index (χ1) is 15.4. The molecule has 0 fully saturated rings. The molecule has 2 aromatic carbocycles. The Kier molecular flexibility index (Phi) is 7.36. The normalized spacial score (nSPS) is 11.3. The predicted molar refractivity (Wildman–Crippen MR) is 122 cm³/mol. The van der Waals surface area contributed by atoms with Gasteiger partial charge in [-0.15, -0.1) is 10.2 Å². The third-order valence-corrected chi connectivity index (χ3v) is 5.37. The monoisotopic (exact) mass is 450 g/mol. The molecule has 1 heterocycles. The van der Waals surface area contributed by atoms with Crippen molar-refractivity contribution in [3.63, 3.8) is 0 Å². The van der Waals surface area contributed by atoms with Crippen molar-refractivity contribution >= 4 is 34.1 Å². The molecule has 32 heavy (non-hydrogen) atoms. The van der Waals surface area contributed by atoms with Crippen molar-refractivity contribution in [2.75, 3.05) is 17.7 Å². The van der Waals surface area contributed by atoms with E-state index >= 15 is 0 Å². The molecule has 0 aliphatic heterocycles. The number of anilines is 2. The van der Waals surface area contributed by atoms with Gasteiger partial charge in [0, 0.05) is 11.3 Å². The van der Waals surface area contributed by atoms with Crippen molar-refractivity contribution in [3.8, 4) is 22.4 Å². The lowest BCUT2D eigenvalue weighted by molar-refractivity contribution is -0.118. The molecule has 3 N–H and O–H groups in total. The van der Waals surface area contributed by atoms with Gasteiger partial charge in [0.05, 0.1) is 18.7 Å². The van der Waals surface area contributed by atoms with Crippen molar-refractivity contribution in [2.45, 2.75) is 19.9 Å². The summed E-state index contributed by atoms with van der Waals surface area (Å²) < 4.78 is 5.15. The number of carbonyl (C=O) groups is 2. The number of urea groups is 1. The Morgan fingerprint density at radius 3 is 2.50 bits per heavy atom. The van der Waals surface area contributed by atoms with Crippen LogP contribution in [0, 0.1) is 17.2 Å². The second-order valence-electron chi connectivity index (χ2n) is 7.14. The summed E-state index contributed by atoms with van der Waals surface area (Å²) in [5.74, 6) is 0.147. The van der Waals surface area contributed by atoms with Crippen LogP contribution in [0.5, 0.6) is 5.75 Å². The fraction of sp³-hybridized carbons (Fsp3) is 0.227. The van der Waals surface area contributed by atoms with Crippen LogP contribution in [-0.4, -0.2) is 35.3 Å². The minimum atomic E-state index is -0.803. The molecule has 3 amide bonds. The lowest BCUT2D eigenvalue weighted by Gasteiger charge is -2.21. The number of nitrogens with one attached hydrogen (secondary N) is 3. The third-order valence-electron chi connectivity index (χ3n) is 4.48. The Bertz CT molecular complexity index is 1140. The Labute approximate surface area is 189 Å². The fourth-order valence-corrected chi connectivity index (χ4v) is 3.57. The molecular formula is C22H22N6O3S. The Morgan fingerprint density at radius 2 is 1.84 bits per heavy atom. The predicted octanol–water partition coefficient (Wildman–Crippen LogP) is 3.87. The summed E-state index contributed by atoms with van der Waals surface area (Å²) in [6.07, 6.45) is 0. The Balaban J connectivity index is 1.64. The van der Waals surface area contributed by atoms with Crippen molar-refractivity contribution in [2.24, 2.45) is 5.92 Å². The Hall–Kier alpha value is -3.97. The first-order valence-electron chi connectivity index (χ1n) is 9.76. The average molecular weight is 451 g/mol. The van der Waals surface area contributed by atoms with E-state index in [9.17, 15) is 9.59 Å². The fourth-order valence-electron chi connectivity index (χ4n) is 2.82. The zero-order chi connectivity index (χ0) is 23.1. The first-order valence-corrected chi connectivity index (χ1v) is 10.6. The lowest BCUT2D eigenvalue weighted by Crippen LogP contribution is -2.48. The summed E-state index contributed by atoms with van der Waals surface area (Å²) in [5, 5.41) is 26.1. The van der Waals surface area contributed by atoms with Crippen molar-refractivity contribution < 1.29 is 14.3 Å². The van der Waals surface area contributed by atoms with Gasteiger partial charge in [0.2, 0.25) is 11.0 Å². The highest BCUT2D eigenvalue weighted by Gasteiger charge is 2.25. The number of nitriles is 1. The molecule has 1 aromatic heterocycles. The number of aromatic nitrogens is 2. The largest absolute Gasteiger partial charge is 0.497 e. The summed E-state index contributed by atoms with van der Waals surface area (Å²) in [6, 6.07) is 14.5. The van der Waals surface area contributed by atoms with E-state index in [-0.39, 0.29) is 5.92 Å². The second kappa shape index (κ2) is 10.4. The van der Waals surface area contributed by atoms with E-state index in [0.29, 0.717) is 21.4 Å². The van der Waals surface area contributed by atoms with Gasteiger partial charge in [-0.05, 0) is 48.4 Å². The minimum Gasteiger partial charge on any atom is -0.497 e. The van der Waals surface area contributed by atoms with E-state index in [4.69, 9.17) is 10.00 Å². The molecule has 0 bridgehead atoms. The molecule has 0 saturated heterocycles. The average Bonchev–Trinajstić information content (AvgIpc) is 3.25. The molecule has 3 aromatic rings. The van der Waals surface area contributed by atoms with Crippen molar-refractivity contribution in [3.05, 3.63) is 54.1 Å². The molecular weight excluding hydrogens is 428 g/mol. The van der Waals surface area contributed by atoms with Crippen LogP contribution in [0.25, 0.3) is 10.6 Å². The van der Waals surface area contributed by atoms with Crippen LogP contribution < -0.4 is 20.7 Å². The zero-order valence-electron chi connectivity index (χ0n) is 17.7. The summed E-state index contributed by atoms with van der Waals surface area (Å²) >= 11 is 1.23. The third kappa shape index (κ3) is 5.80. The first kappa shape index (κ1) is 22.7. The van der Waals surface area contributed by atoms with E-state index < -0.39 is 18.0 Å². The van der Waals surface area contributed by atoms with Crippen molar-refractivity contribution in [1.82, 2.24) is 15.5 Å². The number of rotatable bonds is 7. The number of carbonyl (C=O) groups excluding carboxylic acids is 2. The highest BCUT2D eigenvalue weighted by Crippen LogP contribution is 2.28. The molecule has 9 nitrogen and oxygen atoms in total. The molecule has 0 aliphatic rings. The number of methoxy groups -OCH3 is 1. The Morgan fingerprint density at radius 1 is 1.09 bits per heavy atom. The number of nitrogens with zero attached hydrogens (tertiary/aromatic N) is 3. The maximum Gasteiger partial charge on any atom is 0.319 e. The van der Waals surface area contributed by atoms with Gasteiger partial charge >= 0.3 is 6.03 Å². The topological polar surface area (TPSA) is 129 Å². The second-order valence-corrected chi connectivity index (χ2v) is 8.12. The molecule has 1 atom stereocenters. The molecule has 0 radical (unpaired) electrons. The highest BCUT2D eigenvalue weighted by atomic mass is 32.1. The van der Waals surface area contributed by atoms with Crippen LogP contribution in [-0.2, 0) is 4.79 Å². The molecule has 1 unspecified atom stereocenters. The van der Waals surface area contributed by atoms with Gasteiger partial charge in [-0.3, -0.25) is 10.1 Å². The summed E-state index contributed by atoms with van der Waals surface area (Å²) in [6.45, 7) is 3.65. The summed E-state index contributed by atoms with van der Waals surface area (Å²) in [5.41, 5.74) is 1.73. The van der Waals surface area contributed by atoms with E-state index in [1.165, 1.54) is 11.3 Å². The summed E-state index contributed by atoms with van der Waals surface area (Å²) in [7, 11) is 1.59. The van der Waals surface area contributed by atoms with Gasteiger partial charge in [0.15, 0.2) is 0 Å². The standard InChI is InChI=1S/C22H22N6O3S/c1-13(2)18(25-21(30)24-16-6-4-5-14(11-16)12-23)19(29)26-22-28-27-20(32-22)15-7-9-17(31-3)10-8-15/h4-11,13,18H,1-3H3,(H2,24,25,30)(H,26,28,29). The SMILES string of the molecule is COc1ccc(-c2nnc(NC(=O)C(NC(=O)Nc3cccc(C#N)c3)C(C)C)s2)cc1. The molecule has 0 aliphatic carbocycles. The maximum atomic E-state index is 12.8. The number of amides is 3. The van der Waals surface area contributed by atoms with Crippen LogP contribution >= 0.6 is 11.3 Å². The van der Waals surface area contributed by atoms with Gasteiger partial charge in [0.1, 0.15) is 16.8 Å². The zero-order valence-corrected chi connectivity index (χ0v) is 18.6. The van der Waals surface area contributed by atoms with Gasteiger partial charge in [0.25, 0.3) is 0 Å². The van der Waals surface area contributed by atoms with Gasteiger partial charge in [-0.25, -0.2) is 4.79 Å². The van der Waals surface area contributed by atoms with Gasteiger partial charge < -0.3 is 15.4 Å². The lowest BCUT2D eigenvalue weighted by atomic mass is 10.0. The molecule has 0 saturated carbocycles. The van der Waals surface area contributed by atoms with E-state index in [1.807, 2.05) is 44.2 Å². The molecule has 0 spiro atoms. The van der Waals surface area contributed by atoms with Crippen LogP contribution in [0.3, 0.4) is 0 Å².